The summed E-state index contributed by atoms with van der Waals surface area (Å²) in [6.07, 6.45) is 1.63. The summed E-state index contributed by atoms with van der Waals surface area (Å²) in [4.78, 5) is 17.7. The molecule has 3 heterocycles. The molecule has 0 bridgehead atoms. The maximum atomic E-state index is 4.73. The number of fused-ring (bicyclic) bond motifs is 2. The van der Waals surface area contributed by atoms with Gasteiger partial charge in [0.2, 0.25) is 11.3 Å². The van der Waals surface area contributed by atoms with Gasteiger partial charge in [0.05, 0.1) is 17.2 Å². The van der Waals surface area contributed by atoms with Crippen LogP contribution in [-0.2, 0) is 0 Å². The van der Waals surface area contributed by atoms with Crippen molar-refractivity contribution in [3.63, 3.8) is 0 Å². The molecular weight excluding hydrogens is 370 g/mol. The first-order valence-electron chi connectivity index (χ1n) is 8.82. The number of aryl methyl sites for hydroxylation is 1. The smallest absolute Gasteiger partial charge is 0.245 e. The summed E-state index contributed by atoms with van der Waals surface area (Å²) in [5.74, 6) is 1.40. The molecule has 5 rings (SSSR count). The van der Waals surface area contributed by atoms with Crippen molar-refractivity contribution in [1.29, 1.82) is 0 Å². The van der Waals surface area contributed by atoms with Crippen LogP contribution in [0.15, 0.2) is 59.4 Å². The monoisotopic (exact) mass is 385 g/mol. The number of anilines is 4. The van der Waals surface area contributed by atoms with E-state index in [-0.39, 0.29) is 5.65 Å². The highest BCUT2D eigenvalue weighted by molar-refractivity contribution is 5.78. The number of nitrogens with one attached hydrogen (secondary N) is 3. The minimum atomic E-state index is 0.286. The van der Waals surface area contributed by atoms with Gasteiger partial charge < -0.3 is 5.32 Å². The van der Waals surface area contributed by atoms with Crippen LogP contribution in [-0.4, -0.2) is 30.2 Å². The SMILES string of the molecule is Cc1ccc(Nc2nc3nonc3nc2NNc2cnc3ccccc3n2)cc1. The van der Waals surface area contributed by atoms with Crippen molar-refractivity contribution < 1.29 is 4.63 Å². The van der Waals surface area contributed by atoms with Crippen LogP contribution < -0.4 is 16.2 Å². The van der Waals surface area contributed by atoms with E-state index in [2.05, 4.69) is 46.4 Å². The molecule has 0 saturated heterocycles. The highest BCUT2D eigenvalue weighted by Crippen LogP contribution is 2.24. The highest BCUT2D eigenvalue weighted by atomic mass is 16.6. The van der Waals surface area contributed by atoms with Gasteiger partial charge in [-0.15, -0.1) is 0 Å². The molecule has 10 heteroatoms. The van der Waals surface area contributed by atoms with E-state index in [1.807, 2.05) is 55.5 Å². The van der Waals surface area contributed by atoms with Crippen molar-refractivity contribution in [2.45, 2.75) is 6.92 Å². The molecule has 0 unspecified atom stereocenters. The fraction of sp³-hybridized carbons (Fsp3) is 0.0526. The van der Waals surface area contributed by atoms with Crippen LogP contribution in [0.5, 0.6) is 0 Å². The molecule has 2 aromatic carbocycles. The predicted molar refractivity (Wildman–Crippen MR) is 109 cm³/mol. The second-order valence-electron chi connectivity index (χ2n) is 6.32. The van der Waals surface area contributed by atoms with Gasteiger partial charge in [-0.25, -0.2) is 14.6 Å². The Kier molecular flexibility index (Phi) is 4.06. The number of para-hydroxylation sites is 2. The zero-order valence-electron chi connectivity index (χ0n) is 15.3. The minimum Gasteiger partial charge on any atom is -0.337 e. The van der Waals surface area contributed by atoms with Gasteiger partial charge in [0.15, 0.2) is 17.5 Å². The maximum Gasteiger partial charge on any atom is 0.245 e. The van der Waals surface area contributed by atoms with E-state index in [1.165, 1.54) is 0 Å². The average Bonchev–Trinajstić information content (AvgIpc) is 3.21. The van der Waals surface area contributed by atoms with Crippen LogP contribution in [0, 0.1) is 6.92 Å². The molecule has 0 spiro atoms. The van der Waals surface area contributed by atoms with E-state index in [0.29, 0.717) is 23.1 Å². The van der Waals surface area contributed by atoms with Crippen LogP contribution in [0.1, 0.15) is 5.56 Å². The third kappa shape index (κ3) is 3.46. The van der Waals surface area contributed by atoms with Crippen LogP contribution in [0.4, 0.5) is 23.1 Å². The molecule has 3 aromatic heterocycles. The summed E-state index contributed by atoms with van der Waals surface area (Å²) in [7, 11) is 0. The Labute approximate surface area is 164 Å². The molecule has 0 amide bonds. The number of nitrogens with zero attached hydrogens (tertiary/aromatic N) is 6. The third-order valence-electron chi connectivity index (χ3n) is 4.19. The second-order valence-corrected chi connectivity index (χ2v) is 6.32. The van der Waals surface area contributed by atoms with Crippen LogP contribution in [0.25, 0.3) is 22.3 Å². The van der Waals surface area contributed by atoms with Crippen LogP contribution in [0.2, 0.25) is 0 Å². The summed E-state index contributed by atoms with van der Waals surface area (Å²) >= 11 is 0. The number of benzene rings is 2. The Morgan fingerprint density at radius 2 is 1.48 bits per heavy atom. The van der Waals surface area contributed by atoms with Crippen LogP contribution in [0.3, 0.4) is 0 Å². The van der Waals surface area contributed by atoms with Crippen molar-refractivity contribution in [2.75, 3.05) is 16.2 Å². The van der Waals surface area contributed by atoms with Gasteiger partial charge in [-0.05, 0) is 41.5 Å². The van der Waals surface area contributed by atoms with E-state index < -0.39 is 0 Å². The van der Waals surface area contributed by atoms with Crippen LogP contribution >= 0.6 is 0 Å². The number of hydrazine groups is 1. The number of hydrogen-bond donors (Lipinski definition) is 3. The summed E-state index contributed by atoms with van der Waals surface area (Å²) in [6.45, 7) is 2.03. The quantitative estimate of drug-likeness (QED) is 0.387. The Bertz CT molecular complexity index is 1300. The first-order chi connectivity index (χ1) is 14.2. The number of aromatic nitrogens is 6. The summed E-state index contributed by atoms with van der Waals surface area (Å²) < 4.78 is 4.73. The lowest BCUT2D eigenvalue weighted by atomic mass is 10.2. The fourth-order valence-electron chi connectivity index (χ4n) is 2.73. The molecule has 0 fully saturated rings. The number of rotatable bonds is 5. The normalized spacial score (nSPS) is 10.9. The first-order valence-corrected chi connectivity index (χ1v) is 8.82. The molecular formula is C19H15N9O. The number of hydrogen-bond acceptors (Lipinski definition) is 10. The van der Waals surface area contributed by atoms with E-state index >= 15 is 0 Å². The van der Waals surface area contributed by atoms with E-state index in [4.69, 9.17) is 4.63 Å². The maximum absolute atomic E-state index is 4.73. The lowest BCUT2D eigenvalue weighted by Gasteiger charge is -2.13. The Morgan fingerprint density at radius 1 is 0.759 bits per heavy atom. The van der Waals surface area contributed by atoms with Gasteiger partial charge in [0, 0.05) is 5.69 Å². The second kappa shape index (κ2) is 7.00. The van der Waals surface area contributed by atoms with Gasteiger partial charge in [0.1, 0.15) is 0 Å². The molecule has 10 nitrogen and oxygen atoms in total. The largest absolute Gasteiger partial charge is 0.337 e. The Balaban J connectivity index is 1.44. The third-order valence-corrected chi connectivity index (χ3v) is 4.19. The van der Waals surface area contributed by atoms with Crippen molar-refractivity contribution in [2.24, 2.45) is 0 Å². The van der Waals surface area contributed by atoms with Gasteiger partial charge in [-0.1, -0.05) is 29.8 Å². The van der Waals surface area contributed by atoms with Gasteiger partial charge in [-0.3, -0.25) is 15.8 Å². The molecule has 0 aliphatic rings. The summed E-state index contributed by atoms with van der Waals surface area (Å²) in [5.41, 5.74) is 10.2. The van der Waals surface area contributed by atoms with E-state index in [9.17, 15) is 0 Å². The topological polar surface area (TPSA) is 127 Å². The lowest BCUT2D eigenvalue weighted by Crippen LogP contribution is -2.14. The Hall–Kier alpha value is -4.34. The molecule has 0 saturated carbocycles. The molecule has 29 heavy (non-hydrogen) atoms. The fourth-order valence-corrected chi connectivity index (χ4v) is 2.73. The first kappa shape index (κ1) is 16.8. The van der Waals surface area contributed by atoms with Gasteiger partial charge >= 0.3 is 0 Å². The zero-order valence-corrected chi connectivity index (χ0v) is 15.3. The van der Waals surface area contributed by atoms with Crippen molar-refractivity contribution >= 4 is 45.5 Å². The van der Waals surface area contributed by atoms with Gasteiger partial charge in [0.25, 0.3) is 0 Å². The van der Waals surface area contributed by atoms with Crippen molar-refractivity contribution in [3.05, 3.63) is 60.3 Å². The molecule has 0 aliphatic carbocycles. The summed E-state index contributed by atoms with van der Waals surface area (Å²) in [5, 5.41) is 10.7. The summed E-state index contributed by atoms with van der Waals surface area (Å²) in [6, 6.07) is 15.5. The molecule has 0 aliphatic heterocycles. The molecule has 5 aromatic rings. The molecule has 142 valence electrons. The van der Waals surface area contributed by atoms with E-state index in [0.717, 1.165) is 22.3 Å². The predicted octanol–water partition coefficient (Wildman–Crippen LogP) is 3.45. The zero-order chi connectivity index (χ0) is 19.6. The molecule has 3 N–H and O–H groups in total. The molecule has 0 atom stereocenters. The van der Waals surface area contributed by atoms with E-state index in [1.54, 1.807) is 6.20 Å². The van der Waals surface area contributed by atoms with Crippen molar-refractivity contribution in [1.82, 2.24) is 30.2 Å². The average molecular weight is 385 g/mol. The standard InChI is InChI=1S/C19H15N9O/c1-11-6-8-12(9-7-11)21-16-17(24-19-18(23-16)27-29-28-19)26-25-15-10-20-13-4-2-3-5-14(13)22-15/h2-10H,1H3,(H,22,25)(H,21,23,27)(H,24,26,28). The Morgan fingerprint density at radius 3 is 2.28 bits per heavy atom. The van der Waals surface area contributed by atoms with Crippen molar-refractivity contribution in [3.8, 4) is 0 Å². The minimum absolute atomic E-state index is 0.286. The molecule has 0 radical (unpaired) electrons. The van der Waals surface area contributed by atoms with Gasteiger partial charge in [-0.2, -0.15) is 4.98 Å². The lowest BCUT2D eigenvalue weighted by molar-refractivity contribution is 0.314. The highest BCUT2D eigenvalue weighted by Gasteiger charge is 2.13.